The van der Waals surface area contributed by atoms with Crippen molar-refractivity contribution in [1.82, 2.24) is 20.1 Å². The van der Waals surface area contributed by atoms with Gasteiger partial charge in [-0.15, -0.1) is 11.3 Å². The summed E-state index contributed by atoms with van der Waals surface area (Å²) in [6, 6.07) is 8.34. The quantitative estimate of drug-likeness (QED) is 0.826. The van der Waals surface area contributed by atoms with Crippen molar-refractivity contribution in [2.75, 3.05) is 33.2 Å². The van der Waals surface area contributed by atoms with Crippen LogP contribution in [-0.2, 0) is 9.59 Å². The normalized spacial score (nSPS) is 15.7. The van der Waals surface area contributed by atoms with Gasteiger partial charge in [-0.2, -0.15) is 0 Å². The molecule has 146 valence electrons. The third kappa shape index (κ3) is 5.26. The number of piperidine rings is 1. The lowest BCUT2D eigenvalue weighted by atomic mass is 9.97. The zero-order valence-electron chi connectivity index (χ0n) is 16.3. The smallest absolute Gasteiger partial charge is 0.236 e. The van der Waals surface area contributed by atoms with Gasteiger partial charge in [0, 0.05) is 25.0 Å². The summed E-state index contributed by atoms with van der Waals surface area (Å²) in [5, 5.41) is 4.04. The highest BCUT2D eigenvalue weighted by molar-refractivity contribution is 7.18. The van der Waals surface area contributed by atoms with E-state index >= 15 is 0 Å². The topological polar surface area (TPSA) is 65.5 Å². The van der Waals surface area contributed by atoms with Crippen LogP contribution in [0.3, 0.4) is 0 Å². The number of para-hydroxylation sites is 1. The molecule has 0 spiro atoms. The number of carbonyl (C=O) groups excluding carboxylic acids is 2. The number of rotatable bonds is 6. The minimum Gasteiger partial charge on any atom is -0.353 e. The molecule has 0 unspecified atom stereocenters. The number of amides is 2. The van der Waals surface area contributed by atoms with E-state index in [1.165, 1.54) is 9.71 Å². The second kappa shape index (κ2) is 8.80. The Balaban J connectivity index is 1.48. The lowest BCUT2D eigenvalue weighted by molar-refractivity contribution is -0.133. The molecule has 0 saturated carbocycles. The Bertz CT molecular complexity index is 763. The molecule has 2 aromatic rings. The summed E-state index contributed by atoms with van der Waals surface area (Å²) in [6.45, 7) is 5.89. The van der Waals surface area contributed by atoms with Crippen LogP contribution in [0.4, 0.5) is 0 Å². The molecule has 3 rings (SSSR count). The molecule has 2 heterocycles. The molecule has 0 bridgehead atoms. The molecular weight excluding hydrogens is 360 g/mol. The lowest BCUT2D eigenvalue weighted by Gasteiger charge is -2.32. The molecule has 7 heteroatoms. The van der Waals surface area contributed by atoms with E-state index in [-0.39, 0.29) is 30.9 Å². The molecule has 1 fully saturated rings. The first-order chi connectivity index (χ1) is 12.9. The van der Waals surface area contributed by atoms with Gasteiger partial charge < -0.3 is 10.2 Å². The molecule has 1 aromatic carbocycles. The highest BCUT2D eigenvalue weighted by atomic mass is 32.1. The molecule has 27 heavy (non-hydrogen) atoms. The minimum absolute atomic E-state index is 0.0464. The molecule has 0 radical (unpaired) electrons. The molecule has 1 aliphatic rings. The monoisotopic (exact) mass is 388 g/mol. The maximum Gasteiger partial charge on any atom is 0.236 e. The van der Waals surface area contributed by atoms with E-state index < -0.39 is 0 Å². The SMILES string of the molecule is CC(C)NC(=O)CN(C)CC(=O)N1CCC(c2nc3ccccc3s2)CC1. The number of carbonyl (C=O) groups is 2. The molecule has 1 saturated heterocycles. The largest absolute Gasteiger partial charge is 0.353 e. The van der Waals surface area contributed by atoms with Crippen LogP contribution < -0.4 is 5.32 Å². The molecule has 0 atom stereocenters. The highest BCUT2D eigenvalue weighted by Gasteiger charge is 2.26. The van der Waals surface area contributed by atoms with Crippen LogP contribution in [-0.4, -0.2) is 65.9 Å². The summed E-state index contributed by atoms with van der Waals surface area (Å²) >= 11 is 1.77. The maximum atomic E-state index is 12.5. The van der Waals surface area contributed by atoms with E-state index in [0.717, 1.165) is 31.4 Å². The van der Waals surface area contributed by atoms with Crippen LogP contribution in [0, 0.1) is 0 Å². The van der Waals surface area contributed by atoms with Gasteiger partial charge in [0.15, 0.2) is 0 Å². The van der Waals surface area contributed by atoms with Gasteiger partial charge in [0.05, 0.1) is 28.3 Å². The zero-order valence-corrected chi connectivity index (χ0v) is 17.1. The number of nitrogens with zero attached hydrogens (tertiary/aromatic N) is 3. The van der Waals surface area contributed by atoms with Crippen LogP contribution in [0.15, 0.2) is 24.3 Å². The fraction of sp³-hybridized carbons (Fsp3) is 0.550. The number of likely N-dealkylation sites (N-methyl/N-ethyl adjacent to an activating group) is 1. The number of hydrogen-bond acceptors (Lipinski definition) is 5. The average molecular weight is 389 g/mol. The van der Waals surface area contributed by atoms with E-state index in [1.54, 1.807) is 16.2 Å². The summed E-state index contributed by atoms with van der Waals surface area (Å²) in [5.74, 6) is 0.480. The molecule has 1 aliphatic heterocycles. The standard InChI is InChI=1S/C20H28N4O2S/c1-14(2)21-18(25)12-23(3)13-19(26)24-10-8-15(9-11-24)20-22-16-6-4-5-7-17(16)27-20/h4-7,14-15H,8-13H2,1-3H3,(H,21,25). The summed E-state index contributed by atoms with van der Waals surface area (Å²) in [7, 11) is 1.81. The second-order valence-electron chi connectivity index (χ2n) is 7.57. The number of likely N-dealkylation sites (tertiary alicyclic amines) is 1. The minimum atomic E-state index is -0.0464. The van der Waals surface area contributed by atoms with Crippen LogP contribution in [0.2, 0.25) is 0 Å². The fourth-order valence-electron chi connectivity index (χ4n) is 3.44. The number of fused-ring (bicyclic) bond motifs is 1. The number of benzene rings is 1. The van der Waals surface area contributed by atoms with Gasteiger partial charge in [0.25, 0.3) is 0 Å². The van der Waals surface area contributed by atoms with Gasteiger partial charge in [-0.25, -0.2) is 4.98 Å². The van der Waals surface area contributed by atoms with E-state index in [2.05, 4.69) is 17.4 Å². The van der Waals surface area contributed by atoms with Crippen molar-refractivity contribution < 1.29 is 9.59 Å². The van der Waals surface area contributed by atoms with Gasteiger partial charge in [-0.3, -0.25) is 14.5 Å². The number of hydrogen-bond donors (Lipinski definition) is 1. The van der Waals surface area contributed by atoms with Crippen molar-refractivity contribution in [2.24, 2.45) is 0 Å². The molecule has 1 aromatic heterocycles. The maximum absolute atomic E-state index is 12.5. The summed E-state index contributed by atoms with van der Waals surface area (Å²) in [4.78, 5) is 32.8. The number of nitrogens with one attached hydrogen (secondary N) is 1. The number of aromatic nitrogens is 1. The van der Waals surface area contributed by atoms with Gasteiger partial charge in [-0.1, -0.05) is 12.1 Å². The summed E-state index contributed by atoms with van der Waals surface area (Å²) < 4.78 is 1.23. The van der Waals surface area contributed by atoms with Crippen molar-refractivity contribution >= 4 is 33.4 Å². The molecule has 6 nitrogen and oxygen atoms in total. The Morgan fingerprint density at radius 3 is 2.63 bits per heavy atom. The van der Waals surface area contributed by atoms with Crippen LogP contribution >= 0.6 is 11.3 Å². The van der Waals surface area contributed by atoms with Crippen molar-refractivity contribution in [2.45, 2.75) is 38.6 Å². The second-order valence-corrected chi connectivity index (χ2v) is 8.63. The van der Waals surface area contributed by atoms with Crippen LogP contribution in [0.25, 0.3) is 10.2 Å². The van der Waals surface area contributed by atoms with Gasteiger partial charge in [0.2, 0.25) is 11.8 Å². The predicted molar refractivity (Wildman–Crippen MR) is 109 cm³/mol. The van der Waals surface area contributed by atoms with Crippen molar-refractivity contribution in [3.05, 3.63) is 29.3 Å². The van der Waals surface area contributed by atoms with Crippen molar-refractivity contribution in [3.63, 3.8) is 0 Å². The Kier molecular flexibility index (Phi) is 6.44. The first-order valence-electron chi connectivity index (χ1n) is 9.53. The molecular formula is C20H28N4O2S. The van der Waals surface area contributed by atoms with E-state index in [4.69, 9.17) is 4.98 Å². The molecule has 1 N–H and O–H groups in total. The Morgan fingerprint density at radius 1 is 1.26 bits per heavy atom. The van der Waals surface area contributed by atoms with Crippen molar-refractivity contribution in [1.29, 1.82) is 0 Å². The van der Waals surface area contributed by atoms with E-state index in [1.807, 2.05) is 37.9 Å². The predicted octanol–water partition coefficient (Wildman–Crippen LogP) is 2.46. The van der Waals surface area contributed by atoms with Gasteiger partial charge in [-0.05, 0) is 45.9 Å². The van der Waals surface area contributed by atoms with Crippen LogP contribution in [0.1, 0.15) is 37.6 Å². The third-order valence-corrected chi connectivity index (χ3v) is 5.97. The first-order valence-corrected chi connectivity index (χ1v) is 10.3. The van der Waals surface area contributed by atoms with Gasteiger partial charge in [0.1, 0.15) is 0 Å². The fourth-order valence-corrected chi connectivity index (χ4v) is 4.58. The zero-order chi connectivity index (χ0) is 19.4. The summed E-state index contributed by atoms with van der Waals surface area (Å²) in [6.07, 6.45) is 1.90. The molecule has 0 aliphatic carbocycles. The van der Waals surface area contributed by atoms with Crippen LogP contribution in [0.5, 0.6) is 0 Å². The summed E-state index contributed by atoms with van der Waals surface area (Å²) in [5.41, 5.74) is 1.07. The van der Waals surface area contributed by atoms with E-state index in [9.17, 15) is 9.59 Å². The van der Waals surface area contributed by atoms with Crippen molar-refractivity contribution in [3.8, 4) is 0 Å². The Morgan fingerprint density at radius 2 is 1.96 bits per heavy atom. The number of thiazole rings is 1. The van der Waals surface area contributed by atoms with E-state index in [0.29, 0.717) is 5.92 Å². The Hall–Kier alpha value is -1.99. The third-order valence-electron chi connectivity index (χ3n) is 4.78. The average Bonchev–Trinajstić information content (AvgIpc) is 3.05. The highest BCUT2D eigenvalue weighted by Crippen LogP contribution is 2.33. The lowest BCUT2D eigenvalue weighted by Crippen LogP contribution is -2.45. The Labute approximate surface area is 164 Å². The molecule has 2 amide bonds. The first kappa shape index (κ1) is 19.8. The van der Waals surface area contributed by atoms with Gasteiger partial charge >= 0.3 is 0 Å².